The molecule has 1 saturated carbocycles. The molecule has 2 amide bonds. The maximum Gasteiger partial charge on any atom is 0.251 e. The van der Waals surface area contributed by atoms with Crippen LogP contribution in [0.3, 0.4) is 0 Å². The highest BCUT2D eigenvalue weighted by Gasteiger charge is 2.38. The van der Waals surface area contributed by atoms with Crippen LogP contribution in [-0.2, 0) is 9.53 Å². The second-order valence-corrected chi connectivity index (χ2v) is 9.06. The first kappa shape index (κ1) is 19.7. The molecule has 1 aromatic rings. The van der Waals surface area contributed by atoms with Crippen molar-refractivity contribution in [3.8, 4) is 0 Å². The molecule has 2 N–H and O–H groups in total. The predicted octanol–water partition coefficient (Wildman–Crippen LogP) is 2.89. The molecular formula is C21H29N3O3S. The number of anilines is 1. The van der Waals surface area contributed by atoms with Crippen LogP contribution in [0.15, 0.2) is 23.1 Å². The van der Waals surface area contributed by atoms with E-state index in [1.165, 1.54) is 19.3 Å². The highest BCUT2D eigenvalue weighted by atomic mass is 32.2. The maximum atomic E-state index is 12.9. The summed E-state index contributed by atoms with van der Waals surface area (Å²) in [6.45, 7) is 4.11. The molecule has 4 rings (SSSR count). The predicted molar refractivity (Wildman–Crippen MR) is 111 cm³/mol. The number of amides is 2. The zero-order chi connectivity index (χ0) is 19.4. The zero-order valence-electron chi connectivity index (χ0n) is 16.3. The van der Waals surface area contributed by atoms with Crippen molar-refractivity contribution >= 4 is 29.3 Å². The molecule has 3 aliphatic rings. The molecule has 6 nitrogen and oxygen atoms in total. The topological polar surface area (TPSA) is 70.7 Å². The van der Waals surface area contributed by atoms with Gasteiger partial charge in [0.05, 0.1) is 18.9 Å². The normalized spacial score (nSPS) is 22.6. The van der Waals surface area contributed by atoms with E-state index in [0.29, 0.717) is 18.5 Å². The van der Waals surface area contributed by atoms with Crippen molar-refractivity contribution in [1.82, 2.24) is 10.2 Å². The molecule has 1 aromatic carbocycles. The molecule has 152 valence electrons. The Kier molecular flexibility index (Phi) is 6.23. The molecular weight excluding hydrogens is 374 g/mol. The summed E-state index contributed by atoms with van der Waals surface area (Å²) in [5.41, 5.74) is 1.41. The summed E-state index contributed by atoms with van der Waals surface area (Å²) in [5, 5.41) is 6.12. The Morgan fingerprint density at radius 3 is 2.79 bits per heavy atom. The molecule has 0 bridgehead atoms. The number of nitrogens with zero attached hydrogens (tertiary/aromatic N) is 1. The van der Waals surface area contributed by atoms with Crippen LogP contribution < -0.4 is 10.6 Å². The largest absolute Gasteiger partial charge is 0.379 e. The van der Waals surface area contributed by atoms with Crippen LogP contribution in [0, 0.1) is 0 Å². The van der Waals surface area contributed by atoms with Crippen molar-refractivity contribution < 1.29 is 14.3 Å². The highest BCUT2D eigenvalue weighted by Crippen LogP contribution is 2.34. The van der Waals surface area contributed by atoms with Gasteiger partial charge in [-0.05, 0) is 31.0 Å². The zero-order valence-corrected chi connectivity index (χ0v) is 17.1. The lowest BCUT2D eigenvalue weighted by molar-refractivity contribution is -0.115. The van der Waals surface area contributed by atoms with E-state index < -0.39 is 0 Å². The molecule has 2 aliphatic heterocycles. The summed E-state index contributed by atoms with van der Waals surface area (Å²) < 4.78 is 5.54. The number of thioether (sulfide) groups is 1. The van der Waals surface area contributed by atoms with Gasteiger partial charge in [-0.15, -0.1) is 11.8 Å². The summed E-state index contributed by atoms with van der Waals surface area (Å²) in [6.07, 6.45) is 6.48. The van der Waals surface area contributed by atoms with Gasteiger partial charge in [0.1, 0.15) is 0 Å². The second kappa shape index (κ2) is 8.84. The van der Waals surface area contributed by atoms with E-state index in [0.717, 1.165) is 55.5 Å². The van der Waals surface area contributed by atoms with Crippen LogP contribution >= 0.6 is 11.8 Å². The van der Waals surface area contributed by atoms with Gasteiger partial charge in [0, 0.05) is 47.8 Å². The number of carbonyl (C=O) groups is 2. The first-order chi connectivity index (χ1) is 13.7. The Bertz CT molecular complexity index is 728. The average molecular weight is 404 g/mol. The summed E-state index contributed by atoms with van der Waals surface area (Å²) in [4.78, 5) is 28.3. The number of morpholine rings is 1. The van der Waals surface area contributed by atoms with E-state index >= 15 is 0 Å². The van der Waals surface area contributed by atoms with Crippen molar-refractivity contribution in [3.05, 3.63) is 23.8 Å². The van der Waals surface area contributed by atoms with Crippen LogP contribution in [0.1, 0.15) is 48.9 Å². The number of hydrogen-bond donors (Lipinski definition) is 2. The van der Waals surface area contributed by atoms with Crippen molar-refractivity contribution in [2.45, 2.75) is 49.0 Å². The Balaban J connectivity index is 1.45. The van der Waals surface area contributed by atoms with E-state index in [-0.39, 0.29) is 17.4 Å². The molecule has 1 saturated heterocycles. The van der Waals surface area contributed by atoms with Crippen LogP contribution in [0.25, 0.3) is 0 Å². The molecule has 2 fully saturated rings. The molecule has 7 heteroatoms. The van der Waals surface area contributed by atoms with Crippen LogP contribution in [0.2, 0.25) is 0 Å². The quantitative estimate of drug-likeness (QED) is 0.809. The third-order valence-corrected chi connectivity index (χ3v) is 7.22. The van der Waals surface area contributed by atoms with Gasteiger partial charge in [0.15, 0.2) is 0 Å². The lowest BCUT2D eigenvalue weighted by atomic mass is 9.79. The Labute approximate surface area is 170 Å². The van der Waals surface area contributed by atoms with E-state index in [1.54, 1.807) is 11.8 Å². The molecule has 28 heavy (non-hydrogen) atoms. The van der Waals surface area contributed by atoms with Gasteiger partial charge in [-0.3, -0.25) is 14.5 Å². The first-order valence-corrected chi connectivity index (χ1v) is 11.3. The number of carbonyl (C=O) groups excluding carboxylic acids is 2. The van der Waals surface area contributed by atoms with Gasteiger partial charge >= 0.3 is 0 Å². The molecule has 0 aromatic heterocycles. The minimum atomic E-state index is -0.0653. The fourth-order valence-corrected chi connectivity index (χ4v) is 5.50. The van der Waals surface area contributed by atoms with Crippen molar-refractivity contribution in [2.24, 2.45) is 0 Å². The second-order valence-electron chi connectivity index (χ2n) is 7.92. The lowest BCUT2D eigenvalue weighted by Crippen LogP contribution is -2.59. The molecule has 1 aliphatic carbocycles. The number of ether oxygens (including phenoxy) is 1. The number of benzene rings is 1. The fraction of sp³-hybridized carbons (Fsp3) is 0.619. The monoisotopic (exact) mass is 403 g/mol. The minimum absolute atomic E-state index is 0.0114. The Morgan fingerprint density at radius 1 is 1.21 bits per heavy atom. The summed E-state index contributed by atoms with van der Waals surface area (Å²) in [5.74, 6) is 0.716. The third-order valence-electron chi connectivity index (χ3n) is 6.15. The molecule has 0 radical (unpaired) electrons. The summed E-state index contributed by atoms with van der Waals surface area (Å²) >= 11 is 1.65. The summed E-state index contributed by atoms with van der Waals surface area (Å²) in [7, 11) is 0. The van der Waals surface area contributed by atoms with Crippen molar-refractivity contribution in [3.63, 3.8) is 0 Å². The SMILES string of the molecule is O=C1CCSc2ccc(C(=O)NCC3(N4CCOCC4)CCCCC3)cc2N1. The number of rotatable bonds is 4. The molecule has 2 heterocycles. The van der Waals surface area contributed by atoms with Gasteiger partial charge < -0.3 is 15.4 Å². The maximum absolute atomic E-state index is 12.9. The standard InChI is InChI=1S/C21H29N3O3S/c25-19-6-13-28-18-5-4-16(14-17(18)23-19)20(26)22-15-21(7-2-1-3-8-21)24-9-11-27-12-10-24/h4-5,14H,1-3,6-13,15H2,(H,22,26)(H,23,25). The Morgan fingerprint density at radius 2 is 2.00 bits per heavy atom. The van der Waals surface area contributed by atoms with E-state index in [2.05, 4.69) is 15.5 Å². The third kappa shape index (κ3) is 4.36. The first-order valence-electron chi connectivity index (χ1n) is 10.3. The van der Waals surface area contributed by atoms with Gasteiger partial charge in [0.2, 0.25) is 5.91 Å². The van der Waals surface area contributed by atoms with E-state index in [1.807, 2.05) is 18.2 Å². The van der Waals surface area contributed by atoms with Gasteiger partial charge in [-0.2, -0.15) is 0 Å². The Hall–Kier alpha value is -1.57. The summed E-state index contributed by atoms with van der Waals surface area (Å²) in [6, 6.07) is 5.61. The number of hydrogen-bond acceptors (Lipinski definition) is 5. The highest BCUT2D eigenvalue weighted by molar-refractivity contribution is 7.99. The minimum Gasteiger partial charge on any atom is -0.379 e. The number of fused-ring (bicyclic) bond motifs is 1. The fourth-order valence-electron chi connectivity index (χ4n) is 4.56. The average Bonchev–Trinajstić information content (AvgIpc) is 2.93. The van der Waals surface area contributed by atoms with Crippen LogP contribution in [0.5, 0.6) is 0 Å². The van der Waals surface area contributed by atoms with Gasteiger partial charge in [0.25, 0.3) is 5.91 Å². The van der Waals surface area contributed by atoms with Gasteiger partial charge in [-0.1, -0.05) is 19.3 Å². The van der Waals surface area contributed by atoms with Crippen LogP contribution in [0.4, 0.5) is 5.69 Å². The molecule has 0 atom stereocenters. The van der Waals surface area contributed by atoms with Gasteiger partial charge in [-0.25, -0.2) is 0 Å². The smallest absolute Gasteiger partial charge is 0.251 e. The molecule has 0 spiro atoms. The van der Waals surface area contributed by atoms with Crippen LogP contribution in [-0.4, -0.2) is 60.9 Å². The lowest BCUT2D eigenvalue weighted by Gasteiger charge is -2.48. The number of nitrogens with one attached hydrogen (secondary N) is 2. The van der Waals surface area contributed by atoms with Crippen molar-refractivity contribution in [2.75, 3.05) is 43.9 Å². The van der Waals surface area contributed by atoms with E-state index in [9.17, 15) is 9.59 Å². The molecule has 0 unspecified atom stereocenters. The van der Waals surface area contributed by atoms with E-state index in [4.69, 9.17) is 4.74 Å². The van der Waals surface area contributed by atoms with Crippen molar-refractivity contribution in [1.29, 1.82) is 0 Å².